The zero-order valence-electron chi connectivity index (χ0n) is 14.3. The lowest BCUT2D eigenvalue weighted by Gasteiger charge is -2.25. The van der Waals surface area contributed by atoms with E-state index < -0.39 is 11.8 Å². The second-order valence-corrected chi connectivity index (χ2v) is 6.46. The molecular formula is C17H21F2N5O. The Morgan fingerprint density at radius 3 is 2.68 bits per heavy atom. The summed E-state index contributed by atoms with van der Waals surface area (Å²) in [5, 5.41) is 4.13. The van der Waals surface area contributed by atoms with Crippen molar-refractivity contribution in [2.45, 2.75) is 32.1 Å². The lowest BCUT2D eigenvalue weighted by atomic mass is 10.00. The Balaban J connectivity index is 2.03. The number of pyridine rings is 1. The van der Waals surface area contributed by atoms with Gasteiger partial charge in [-0.25, -0.2) is 13.8 Å². The zero-order chi connectivity index (χ0) is 18.2. The van der Waals surface area contributed by atoms with Gasteiger partial charge in [-0.3, -0.25) is 9.48 Å². The first-order valence-corrected chi connectivity index (χ1v) is 8.20. The Labute approximate surface area is 144 Å². The van der Waals surface area contributed by atoms with Gasteiger partial charge >= 0.3 is 0 Å². The third-order valence-corrected chi connectivity index (χ3v) is 4.60. The number of nitrogens with two attached hydrogens (primary N) is 1. The molecule has 0 saturated carbocycles. The standard InChI is InChI=1S/C17H21F2N5O/c1-11-13(12-8-22-23(2)10-12)9-21-16(14(11)15(20)25)24-6-3-4-17(18,19)5-7-24/h8-10H,3-7H2,1-2H3,(H2,20,25). The number of aromatic nitrogens is 3. The number of anilines is 1. The average Bonchev–Trinajstić information content (AvgIpc) is 2.87. The van der Waals surface area contributed by atoms with Crippen LogP contribution in [0.3, 0.4) is 0 Å². The van der Waals surface area contributed by atoms with E-state index in [1.165, 1.54) is 0 Å². The highest BCUT2D eigenvalue weighted by Gasteiger charge is 2.33. The average molecular weight is 349 g/mol. The van der Waals surface area contributed by atoms with E-state index in [0.29, 0.717) is 24.3 Å². The van der Waals surface area contributed by atoms with Crippen LogP contribution in [-0.2, 0) is 7.05 Å². The first-order chi connectivity index (χ1) is 11.8. The number of carbonyl (C=O) groups excluding carboxylic acids is 1. The summed E-state index contributed by atoms with van der Waals surface area (Å²) in [7, 11) is 1.80. The third-order valence-electron chi connectivity index (χ3n) is 4.60. The second-order valence-electron chi connectivity index (χ2n) is 6.46. The van der Waals surface area contributed by atoms with Crippen LogP contribution in [0.1, 0.15) is 35.2 Å². The molecule has 3 heterocycles. The summed E-state index contributed by atoms with van der Waals surface area (Å²) in [6.07, 6.45) is 5.09. The van der Waals surface area contributed by atoms with Crippen LogP contribution in [0.4, 0.5) is 14.6 Å². The van der Waals surface area contributed by atoms with Gasteiger partial charge in [-0.2, -0.15) is 5.10 Å². The van der Waals surface area contributed by atoms with Crippen LogP contribution in [0, 0.1) is 6.92 Å². The Kier molecular flexibility index (Phi) is 4.45. The summed E-state index contributed by atoms with van der Waals surface area (Å²) in [5.74, 6) is -2.90. The van der Waals surface area contributed by atoms with Crippen LogP contribution >= 0.6 is 0 Å². The lowest BCUT2D eigenvalue weighted by Crippen LogP contribution is -2.30. The molecule has 1 amide bonds. The molecule has 1 aliphatic heterocycles. The summed E-state index contributed by atoms with van der Waals surface area (Å²) in [5.41, 5.74) is 8.14. The Bertz CT molecular complexity index is 802. The van der Waals surface area contributed by atoms with Crippen molar-refractivity contribution in [2.24, 2.45) is 12.8 Å². The van der Waals surface area contributed by atoms with E-state index in [2.05, 4.69) is 10.1 Å². The second kappa shape index (κ2) is 6.42. The molecule has 1 aliphatic rings. The number of hydrogen-bond acceptors (Lipinski definition) is 4. The highest BCUT2D eigenvalue weighted by molar-refractivity contribution is 6.01. The number of amides is 1. The molecule has 3 rings (SSSR count). The number of rotatable bonds is 3. The molecule has 0 atom stereocenters. The van der Waals surface area contributed by atoms with E-state index in [9.17, 15) is 13.6 Å². The highest BCUT2D eigenvalue weighted by Crippen LogP contribution is 2.33. The minimum absolute atomic E-state index is 0.145. The minimum atomic E-state index is -2.67. The summed E-state index contributed by atoms with van der Waals surface area (Å²) in [6.45, 7) is 2.36. The third kappa shape index (κ3) is 3.47. The first-order valence-electron chi connectivity index (χ1n) is 8.20. The van der Waals surface area contributed by atoms with Gasteiger partial charge in [0.25, 0.3) is 5.91 Å². The maximum atomic E-state index is 13.6. The molecule has 6 nitrogen and oxygen atoms in total. The maximum absolute atomic E-state index is 13.6. The molecule has 0 spiro atoms. The van der Waals surface area contributed by atoms with Crippen LogP contribution in [0.25, 0.3) is 11.1 Å². The van der Waals surface area contributed by atoms with Crippen molar-refractivity contribution in [1.29, 1.82) is 0 Å². The van der Waals surface area contributed by atoms with Gasteiger partial charge in [-0.05, 0) is 18.9 Å². The first kappa shape index (κ1) is 17.3. The van der Waals surface area contributed by atoms with Gasteiger partial charge in [-0.1, -0.05) is 0 Å². The molecule has 1 saturated heterocycles. The van der Waals surface area contributed by atoms with Gasteiger partial charge in [-0.15, -0.1) is 0 Å². The fourth-order valence-electron chi connectivity index (χ4n) is 3.25. The molecule has 0 unspecified atom stereocenters. The topological polar surface area (TPSA) is 77.0 Å². The van der Waals surface area contributed by atoms with E-state index in [1.54, 1.807) is 35.9 Å². The number of aryl methyl sites for hydroxylation is 1. The minimum Gasteiger partial charge on any atom is -0.365 e. The quantitative estimate of drug-likeness (QED) is 0.924. The summed E-state index contributed by atoms with van der Waals surface area (Å²) in [4.78, 5) is 18.2. The molecule has 2 aromatic rings. The number of carbonyl (C=O) groups is 1. The fourth-order valence-corrected chi connectivity index (χ4v) is 3.25. The van der Waals surface area contributed by atoms with Crippen LogP contribution in [0.2, 0.25) is 0 Å². The number of hydrogen-bond donors (Lipinski definition) is 1. The smallest absolute Gasteiger partial charge is 0.252 e. The van der Waals surface area contributed by atoms with Gasteiger partial charge in [0, 0.05) is 56.5 Å². The molecular weight excluding hydrogens is 328 g/mol. The summed E-state index contributed by atoms with van der Waals surface area (Å²) >= 11 is 0. The Morgan fingerprint density at radius 2 is 2.04 bits per heavy atom. The molecule has 0 aromatic carbocycles. The van der Waals surface area contributed by atoms with Gasteiger partial charge in [0.1, 0.15) is 5.82 Å². The number of nitrogens with zero attached hydrogens (tertiary/aromatic N) is 4. The molecule has 25 heavy (non-hydrogen) atoms. The van der Waals surface area contributed by atoms with Crippen LogP contribution in [0.15, 0.2) is 18.6 Å². The normalized spacial score (nSPS) is 17.4. The van der Waals surface area contributed by atoms with Crippen molar-refractivity contribution in [2.75, 3.05) is 18.0 Å². The SMILES string of the molecule is Cc1c(-c2cnn(C)c2)cnc(N2CCCC(F)(F)CC2)c1C(N)=O. The zero-order valence-corrected chi connectivity index (χ0v) is 14.3. The number of alkyl halides is 2. The van der Waals surface area contributed by atoms with Crippen molar-refractivity contribution in [3.05, 3.63) is 29.7 Å². The van der Waals surface area contributed by atoms with E-state index in [0.717, 1.165) is 11.1 Å². The fraction of sp³-hybridized carbons (Fsp3) is 0.471. The lowest BCUT2D eigenvalue weighted by molar-refractivity contribution is -0.0102. The molecule has 1 fully saturated rings. The number of halogens is 2. The van der Waals surface area contributed by atoms with Crippen molar-refractivity contribution in [3.63, 3.8) is 0 Å². The van der Waals surface area contributed by atoms with E-state index >= 15 is 0 Å². The van der Waals surface area contributed by atoms with E-state index in [1.807, 2.05) is 6.20 Å². The van der Waals surface area contributed by atoms with Crippen LogP contribution in [-0.4, -0.2) is 39.7 Å². The van der Waals surface area contributed by atoms with Gasteiger partial charge < -0.3 is 10.6 Å². The summed E-state index contributed by atoms with van der Waals surface area (Å²) in [6, 6.07) is 0. The summed E-state index contributed by atoms with van der Waals surface area (Å²) < 4.78 is 28.9. The van der Waals surface area contributed by atoms with Crippen molar-refractivity contribution >= 4 is 11.7 Å². The van der Waals surface area contributed by atoms with Crippen LogP contribution in [0.5, 0.6) is 0 Å². The molecule has 134 valence electrons. The molecule has 0 radical (unpaired) electrons. The van der Waals surface area contributed by atoms with E-state index in [-0.39, 0.29) is 24.9 Å². The molecule has 2 N–H and O–H groups in total. The van der Waals surface area contributed by atoms with Crippen molar-refractivity contribution < 1.29 is 13.6 Å². The van der Waals surface area contributed by atoms with Gasteiger partial charge in [0.2, 0.25) is 5.92 Å². The predicted molar refractivity (Wildman–Crippen MR) is 90.7 cm³/mol. The Morgan fingerprint density at radius 1 is 1.28 bits per heavy atom. The molecule has 0 aliphatic carbocycles. The van der Waals surface area contributed by atoms with Gasteiger partial charge in [0.15, 0.2) is 0 Å². The monoisotopic (exact) mass is 349 g/mol. The molecule has 2 aromatic heterocycles. The van der Waals surface area contributed by atoms with Crippen LogP contribution < -0.4 is 10.6 Å². The predicted octanol–water partition coefficient (Wildman–Crippen LogP) is 2.52. The Hall–Kier alpha value is -2.51. The molecule has 0 bridgehead atoms. The van der Waals surface area contributed by atoms with Crippen molar-refractivity contribution in [1.82, 2.24) is 14.8 Å². The number of primary amides is 1. The molecule has 8 heteroatoms. The van der Waals surface area contributed by atoms with E-state index in [4.69, 9.17) is 5.73 Å². The maximum Gasteiger partial charge on any atom is 0.252 e. The largest absolute Gasteiger partial charge is 0.365 e. The van der Waals surface area contributed by atoms with Crippen molar-refractivity contribution in [3.8, 4) is 11.1 Å². The highest BCUT2D eigenvalue weighted by atomic mass is 19.3. The van der Waals surface area contributed by atoms with Gasteiger partial charge in [0.05, 0.1) is 11.8 Å².